The smallest absolute Gasteiger partial charge is 0.269 e. The third-order valence-electron chi connectivity index (χ3n) is 3.91. The van der Waals surface area contributed by atoms with Gasteiger partial charge in [-0.1, -0.05) is 18.2 Å². The number of hydrogen-bond acceptors (Lipinski definition) is 3. The minimum absolute atomic E-state index is 0.0436. The summed E-state index contributed by atoms with van der Waals surface area (Å²) >= 11 is 0. The van der Waals surface area contributed by atoms with Crippen molar-refractivity contribution >= 4 is 17.5 Å². The number of rotatable bonds is 4. The number of nitrogens with zero attached hydrogens (tertiary/aromatic N) is 1. The first-order chi connectivity index (χ1) is 10.6. The molecule has 2 aromatic carbocycles. The summed E-state index contributed by atoms with van der Waals surface area (Å²) in [7, 11) is 0. The van der Waals surface area contributed by atoms with Crippen LogP contribution in [0.25, 0.3) is 6.08 Å². The topological polar surface area (TPSA) is 60.2 Å². The predicted molar refractivity (Wildman–Crippen MR) is 84.9 cm³/mol. The fourth-order valence-electron chi connectivity index (χ4n) is 2.70. The molecule has 0 unspecified atom stereocenters. The van der Waals surface area contributed by atoms with Crippen LogP contribution in [0, 0.1) is 10.1 Å². The number of allylic oxidation sites excluding steroid dienone is 1. The second-order valence-electron chi connectivity index (χ2n) is 5.38. The van der Waals surface area contributed by atoms with Crippen molar-refractivity contribution in [3.05, 3.63) is 80.9 Å². The summed E-state index contributed by atoms with van der Waals surface area (Å²) in [5, 5.41) is 10.6. The quantitative estimate of drug-likeness (QED) is 0.371. The maximum atomic E-state index is 12.2. The Morgan fingerprint density at radius 1 is 1.05 bits per heavy atom. The summed E-state index contributed by atoms with van der Waals surface area (Å²) in [4.78, 5) is 22.3. The van der Waals surface area contributed by atoms with E-state index >= 15 is 0 Å². The number of hydrogen-bond donors (Lipinski definition) is 0. The lowest BCUT2D eigenvalue weighted by Crippen LogP contribution is -1.96. The van der Waals surface area contributed by atoms with E-state index in [0.29, 0.717) is 5.56 Å². The molecule has 2 aromatic rings. The first kappa shape index (κ1) is 14.2. The molecule has 0 amide bonds. The normalized spacial score (nSPS) is 13.3. The summed E-state index contributed by atoms with van der Waals surface area (Å²) in [5.41, 5.74) is 4.12. The van der Waals surface area contributed by atoms with Gasteiger partial charge < -0.3 is 0 Å². The predicted octanol–water partition coefficient (Wildman–Crippen LogP) is 3.98. The van der Waals surface area contributed by atoms with E-state index in [-0.39, 0.29) is 11.5 Å². The van der Waals surface area contributed by atoms with E-state index < -0.39 is 4.92 Å². The lowest BCUT2D eigenvalue weighted by Gasteiger charge is -2.01. The number of aryl methyl sites for hydroxylation is 2. The van der Waals surface area contributed by atoms with Gasteiger partial charge in [-0.15, -0.1) is 0 Å². The van der Waals surface area contributed by atoms with Crippen LogP contribution in [0.4, 0.5) is 5.69 Å². The number of nitro groups is 1. The number of ketones is 1. The molecule has 0 saturated heterocycles. The SMILES string of the molecule is O=C(/C=C/c1ccc([N+](=O)[O-])cc1)c1ccc2c(c1)CCC2. The first-order valence-electron chi connectivity index (χ1n) is 7.22. The van der Waals surface area contributed by atoms with Crippen LogP contribution in [0.15, 0.2) is 48.5 Å². The first-order valence-corrected chi connectivity index (χ1v) is 7.22. The van der Waals surface area contributed by atoms with Crippen molar-refractivity contribution in [2.75, 3.05) is 0 Å². The van der Waals surface area contributed by atoms with Crippen LogP contribution in [-0.4, -0.2) is 10.7 Å². The van der Waals surface area contributed by atoms with Crippen LogP contribution < -0.4 is 0 Å². The van der Waals surface area contributed by atoms with Gasteiger partial charge in [0.15, 0.2) is 5.78 Å². The molecule has 4 nitrogen and oxygen atoms in total. The van der Waals surface area contributed by atoms with E-state index in [1.165, 1.54) is 29.3 Å². The highest BCUT2D eigenvalue weighted by atomic mass is 16.6. The van der Waals surface area contributed by atoms with Crippen LogP contribution in [0.1, 0.15) is 33.5 Å². The van der Waals surface area contributed by atoms with E-state index in [0.717, 1.165) is 24.8 Å². The Hall–Kier alpha value is -2.75. The lowest BCUT2D eigenvalue weighted by molar-refractivity contribution is -0.384. The highest BCUT2D eigenvalue weighted by Crippen LogP contribution is 2.23. The molecule has 4 heteroatoms. The Morgan fingerprint density at radius 3 is 2.50 bits per heavy atom. The van der Waals surface area contributed by atoms with E-state index in [1.54, 1.807) is 18.2 Å². The molecular weight excluding hydrogens is 278 g/mol. The Kier molecular flexibility index (Phi) is 3.83. The van der Waals surface area contributed by atoms with Gasteiger partial charge in [-0.2, -0.15) is 0 Å². The van der Waals surface area contributed by atoms with Gasteiger partial charge in [0.25, 0.3) is 5.69 Å². The Labute approximate surface area is 128 Å². The van der Waals surface area contributed by atoms with Crippen LogP contribution in [0.5, 0.6) is 0 Å². The molecule has 110 valence electrons. The average molecular weight is 293 g/mol. The van der Waals surface area contributed by atoms with Crippen LogP contribution in [-0.2, 0) is 12.8 Å². The number of nitro benzene ring substituents is 1. The maximum absolute atomic E-state index is 12.2. The van der Waals surface area contributed by atoms with E-state index in [9.17, 15) is 14.9 Å². The van der Waals surface area contributed by atoms with Crippen molar-refractivity contribution in [1.82, 2.24) is 0 Å². The van der Waals surface area contributed by atoms with Gasteiger partial charge in [-0.25, -0.2) is 0 Å². The van der Waals surface area contributed by atoms with Crippen molar-refractivity contribution in [2.24, 2.45) is 0 Å². The standard InChI is InChI=1S/C18H15NO3/c20-18(16-8-7-14-2-1-3-15(14)12-16)11-6-13-4-9-17(10-5-13)19(21)22/h4-12H,1-3H2/b11-6+. The number of carbonyl (C=O) groups is 1. The lowest BCUT2D eigenvalue weighted by atomic mass is 10.0. The third-order valence-corrected chi connectivity index (χ3v) is 3.91. The van der Waals surface area contributed by atoms with Gasteiger partial charge in [0.05, 0.1) is 4.92 Å². The molecule has 0 atom stereocenters. The molecule has 0 aromatic heterocycles. The van der Waals surface area contributed by atoms with Crippen molar-refractivity contribution in [3.8, 4) is 0 Å². The molecule has 0 aliphatic heterocycles. The molecule has 0 bridgehead atoms. The van der Waals surface area contributed by atoms with Gasteiger partial charge in [0.2, 0.25) is 0 Å². The second-order valence-corrected chi connectivity index (χ2v) is 5.38. The van der Waals surface area contributed by atoms with Crippen LogP contribution >= 0.6 is 0 Å². The van der Waals surface area contributed by atoms with E-state index in [4.69, 9.17) is 0 Å². The maximum Gasteiger partial charge on any atom is 0.269 e. The largest absolute Gasteiger partial charge is 0.289 e. The van der Waals surface area contributed by atoms with Gasteiger partial charge in [0.1, 0.15) is 0 Å². The molecule has 0 radical (unpaired) electrons. The van der Waals surface area contributed by atoms with Crippen molar-refractivity contribution in [2.45, 2.75) is 19.3 Å². The molecule has 0 spiro atoms. The zero-order valence-electron chi connectivity index (χ0n) is 12.0. The van der Waals surface area contributed by atoms with Gasteiger partial charge in [-0.3, -0.25) is 14.9 Å². The summed E-state index contributed by atoms with van der Waals surface area (Å²) in [6, 6.07) is 12.0. The van der Waals surface area contributed by atoms with Crippen molar-refractivity contribution < 1.29 is 9.72 Å². The molecule has 3 rings (SSSR count). The fraction of sp³-hybridized carbons (Fsp3) is 0.167. The third kappa shape index (κ3) is 2.96. The fourth-order valence-corrected chi connectivity index (χ4v) is 2.70. The van der Waals surface area contributed by atoms with Crippen LogP contribution in [0.3, 0.4) is 0 Å². The van der Waals surface area contributed by atoms with E-state index in [2.05, 4.69) is 0 Å². The molecule has 1 aliphatic rings. The molecule has 0 N–H and O–H groups in total. The number of carbonyl (C=O) groups excluding carboxylic acids is 1. The van der Waals surface area contributed by atoms with Crippen LogP contribution in [0.2, 0.25) is 0 Å². The minimum atomic E-state index is -0.441. The number of benzene rings is 2. The number of fused-ring (bicyclic) bond motifs is 1. The summed E-state index contributed by atoms with van der Waals surface area (Å²) < 4.78 is 0. The van der Waals surface area contributed by atoms with Gasteiger partial charge >= 0.3 is 0 Å². The minimum Gasteiger partial charge on any atom is -0.289 e. The molecule has 0 fully saturated rings. The molecule has 0 heterocycles. The Morgan fingerprint density at radius 2 is 1.77 bits per heavy atom. The molecule has 22 heavy (non-hydrogen) atoms. The summed E-state index contributed by atoms with van der Waals surface area (Å²) in [6.45, 7) is 0. The molecular formula is C18H15NO3. The Balaban J connectivity index is 1.74. The van der Waals surface area contributed by atoms with Crippen molar-refractivity contribution in [1.29, 1.82) is 0 Å². The summed E-state index contributed by atoms with van der Waals surface area (Å²) in [5.74, 6) is -0.0481. The Bertz CT molecular complexity index is 760. The van der Waals surface area contributed by atoms with Gasteiger partial charge in [0, 0.05) is 17.7 Å². The van der Waals surface area contributed by atoms with Crippen molar-refractivity contribution in [3.63, 3.8) is 0 Å². The zero-order chi connectivity index (χ0) is 15.5. The van der Waals surface area contributed by atoms with E-state index in [1.807, 2.05) is 18.2 Å². The van der Waals surface area contributed by atoms with Gasteiger partial charge in [-0.05, 0) is 60.2 Å². The molecule has 0 saturated carbocycles. The zero-order valence-corrected chi connectivity index (χ0v) is 12.0. The molecule has 1 aliphatic carbocycles. The highest BCUT2D eigenvalue weighted by Gasteiger charge is 2.12. The second kappa shape index (κ2) is 5.93. The number of non-ortho nitro benzene ring substituents is 1. The average Bonchev–Trinajstić information content (AvgIpc) is 3.00. The monoisotopic (exact) mass is 293 g/mol. The summed E-state index contributed by atoms with van der Waals surface area (Å²) in [6.07, 6.45) is 6.49. The highest BCUT2D eigenvalue weighted by molar-refractivity contribution is 6.07.